The van der Waals surface area contributed by atoms with Crippen molar-refractivity contribution in [1.82, 2.24) is 10.2 Å². The van der Waals surface area contributed by atoms with Gasteiger partial charge < -0.3 is 10.2 Å². The average Bonchev–Trinajstić information content (AvgIpc) is 2.76. The second-order valence-electron chi connectivity index (χ2n) is 8.36. The zero-order valence-electron chi connectivity index (χ0n) is 19.5. The zero-order chi connectivity index (χ0) is 24.6. The van der Waals surface area contributed by atoms with Gasteiger partial charge in [0.15, 0.2) is 0 Å². The highest BCUT2D eigenvalue weighted by molar-refractivity contribution is 7.92. The molecule has 0 spiro atoms. The monoisotopic (exact) mass is 493 g/mol. The van der Waals surface area contributed by atoms with E-state index in [0.717, 1.165) is 16.1 Å². The lowest BCUT2D eigenvalue weighted by Gasteiger charge is -2.31. The highest BCUT2D eigenvalue weighted by atomic mass is 35.5. The lowest BCUT2D eigenvalue weighted by atomic mass is 10.1. The van der Waals surface area contributed by atoms with E-state index in [1.54, 1.807) is 31.2 Å². The summed E-state index contributed by atoms with van der Waals surface area (Å²) in [4.78, 5) is 27.6. The number of hydrogen-bond acceptors (Lipinski definition) is 4. The minimum absolute atomic E-state index is 0.217. The van der Waals surface area contributed by atoms with Crippen molar-refractivity contribution in [3.05, 3.63) is 65.2 Å². The normalized spacial score (nSPS) is 12.3. The molecule has 0 aromatic heterocycles. The zero-order valence-corrected chi connectivity index (χ0v) is 21.1. The molecule has 2 aromatic rings. The Morgan fingerprint density at radius 3 is 2.18 bits per heavy atom. The van der Waals surface area contributed by atoms with Gasteiger partial charge >= 0.3 is 0 Å². The maximum Gasteiger partial charge on any atom is 0.244 e. The number of hydrogen-bond donors (Lipinski definition) is 1. The summed E-state index contributed by atoms with van der Waals surface area (Å²) in [7, 11) is -3.80. The first-order valence-corrected chi connectivity index (χ1v) is 13.1. The average molecular weight is 494 g/mol. The van der Waals surface area contributed by atoms with Crippen molar-refractivity contribution in [2.24, 2.45) is 5.92 Å². The summed E-state index contributed by atoms with van der Waals surface area (Å²) in [5.41, 5.74) is 1.23. The molecule has 0 aliphatic heterocycles. The molecular weight excluding hydrogens is 462 g/mol. The van der Waals surface area contributed by atoms with Gasteiger partial charge in [0, 0.05) is 13.1 Å². The second-order valence-corrected chi connectivity index (χ2v) is 10.7. The summed E-state index contributed by atoms with van der Waals surface area (Å²) in [5.74, 6) is -0.507. The molecule has 0 aliphatic rings. The van der Waals surface area contributed by atoms with Gasteiger partial charge in [-0.15, -0.1) is 0 Å². The van der Waals surface area contributed by atoms with Crippen LogP contribution in [0.2, 0.25) is 5.02 Å². The maximum absolute atomic E-state index is 13.4. The molecule has 2 rings (SSSR count). The number of anilines is 1. The topological polar surface area (TPSA) is 86.8 Å². The Bertz CT molecular complexity index is 1040. The van der Waals surface area contributed by atoms with Crippen LogP contribution in [-0.2, 0) is 26.0 Å². The summed E-state index contributed by atoms with van der Waals surface area (Å²) in [6.45, 7) is 5.91. The van der Waals surface area contributed by atoms with Crippen LogP contribution in [0.15, 0.2) is 54.6 Å². The first kappa shape index (κ1) is 26.7. The molecule has 2 amide bonds. The quantitative estimate of drug-likeness (QED) is 0.520. The number of benzene rings is 2. The second kappa shape index (κ2) is 12.0. The van der Waals surface area contributed by atoms with Crippen molar-refractivity contribution in [2.45, 2.75) is 33.2 Å². The lowest BCUT2D eigenvalue weighted by Crippen LogP contribution is -2.52. The van der Waals surface area contributed by atoms with Gasteiger partial charge in [0.2, 0.25) is 21.8 Å². The molecule has 33 heavy (non-hydrogen) atoms. The lowest BCUT2D eigenvalue weighted by molar-refractivity contribution is -0.138. The fourth-order valence-electron chi connectivity index (χ4n) is 3.27. The summed E-state index contributed by atoms with van der Waals surface area (Å²) in [5, 5.41) is 3.07. The third-order valence-electron chi connectivity index (χ3n) is 5.14. The number of rotatable bonds is 11. The number of carbonyl (C=O) groups is 2. The van der Waals surface area contributed by atoms with E-state index in [1.807, 2.05) is 44.2 Å². The van der Waals surface area contributed by atoms with Crippen LogP contribution in [0.1, 0.15) is 26.3 Å². The van der Waals surface area contributed by atoms with Gasteiger partial charge in [0.1, 0.15) is 12.6 Å². The molecule has 180 valence electrons. The third-order valence-corrected chi connectivity index (χ3v) is 6.58. The Labute approximate surface area is 201 Å². The minimum atomic E-state index is -3.80. The van der Waals surface area contributed by atoms with Gasteiger partial charge in [0.25, 0.3) is 0 Å². The molecule has 0 bridgehead atoms. The molecule has 0 saturated heterocycles. The predicted molar refractivity (Wildman–Crippen MR) is 133 cm³/mol. The Kier molecular flexibility index (Phi) is 9.73. The largest absolute Gasteiger partial charge is 0.354 e. The molecule has 7 nitrogen and oxygen atoms in total. The van der Waals surface area contributed by atoms with E-state index < -0.39 is 28.5 Å². The van der Waals surface area contributed by atoms with E-state index >= 15 is 0 Å². The van der Waals surface area contributed by atoms with E-state index in [1.165, 1.54) is 4.90 Å². The first-order valence-electron chi connectivity index (χ1n) is 10.8. The van der Waals surface area contributed by atoms with Gasteiger partial charge in [0.05, 0.1) is 17.0 Å². The number of carbonyl (C=O) groups excluding carboxylic acids is 2. The van der Waals surface area contributed by atoms with Gasteiger partial charge in [-0.2, -0.15) is 0 Å². The van der Waals surface area contributed by atoms with Crippen molar-refractivity contribution in [3.8, 4) is 0 Å². The van der Waals surface area contributed by atoms with E-state index in [0.29, 0.717) is 13.0 Å². The minimum Gasteiger partial charge on any atom is -0.354 e. The number of para-hydroxylation sites is 1. The molecule has 0 saturated carbocycles. The van der Waals surface area contributed by atoms with Crippen molar-refractivity contribution in [1.29, 1.82) is 0 Å². The molecule has 0 fully saturated rings. The van der Waals surface area contributed by atoms with Crippen LogP contribution in [0.4, 0.5) is 5.69 Å². The van der Waals surface area contributed by atoms with E-state index in [9.17, 15) is 18.0 Å². The molecule has 0 unspecified atom stereocenters. The fourth-order valence-corrected chi connectivity index (χ4v) is 4.42. The van der Waals surface area contributed by atoms with E-state index in [4.69, 9.17) is 11.6 Å². The fraction of sp³-hybridized carbons (Fsp3) is 0.417. The summed E-state index contributed by atoms with van der Waals surface area (Å²) in [6, 6.07) is 15.3. The van der Waals surface area contributed by atoms with Crippen molar-refractivity contribution in [3.63, 3.8) is 0 Å². The molecule has 2 aromatic carbocycles. The van der Waals surface area contributed by atoms with Gasteiger partial charge in [-0.05, 0) is 37.0 Å². The maximum atomic E-state index is 13.4. The van der Waals surface area contributed by atoms with Crippen LogP contribution in [-0.4, -0.2) is 57.1 Å². The van der Waals surface area contributed by atoms with Gasteiger partial charge in [-0.25, -0.2) is 8.42 Å². The molecule has 9 heteroatoms. The molecule has 0 aliphatic carbocycles. The smallest absolute Gasteiger partial charge is 0.244 e. The number of nitrogens with one attached hydrogen (secondary N) is 1. The van der Waals surface area contributed by atoms with Crippen LogP contribution in [0.3, 0.4) is 0 Å². The van der Waals surface area contributed by atoms with Crippen LogP contribution >= 0.6 is 11.6 Å². The van der Waals surface area contributed by atoms with Crippen molar-refractivity contribution < 1.29 is 18.0 Å². The van der Waals surface area contributed by atoms with Crippen molar-refractivity contribution in [2.75, 3.05) is 30.2 Å². The number of amides is 2. The van der Waals surface area contributed by atoms with E-state index in [2.05, 4.69) is 5.32 Å². The molecule has 1 N–H and O–H groups in total. The molecule has 1 atom stereocenters. The number of sulfonamides is 1. The molecule has 0 radical (unpaired) electrons. The predicted octanol–water partition coefficient (Wildman–Crippen LogP) is 3.34. The van der Waals surface area contributed by atoms with Gasteiger partial charge in [-0.1, -0.05) is 67.9 Å². The van der Waals surface area contributed by atoms with Gasteiger partial charge in [-0.3, -0.25) is 13.9 Å². The number of nitrogens with zero attached hydrogens (tertiary/aromatic N) is 2. The highest BCUT2D eigenvalue weighted by Crippen LogP contribution is 2.27. The first-order chi connectivity index (χ1) is 15.5. The Hall–Kier alpha value is -2.58. The SMILES string of the molecule is CC(C)CNC(=O)[C@@H](C)N(CCc1ccccc1)C(=O)CN(c1ccccc1Cl)S(C)(=O)=O. The van der Waals surface area contributed by atoms with Crippen LogP contribution in [0.5, 0.6) is 0 Å². The summed E-state index contributed by atoms with van der Waals surface area (Å²) >= 11 is 6.22. The number of halogens is 1. The summed E-state index contributed by atoms with van der Waals surface area (Å²) in [6.07, 6.45) is 1.55. The Morgan fingerprint density at radius 2 is 1.61 bits per heavy atom. The molecule has 0 heterocycles. The van der Waals surface area contributed by atoms with E-state index in [-0.39, 0.29) is 29.1 Å². The van der Waals surface area contributed by atoms with Crippen LogP contribution in [0, 0.1) is 5.92 Å². The van der Waals surface area contributed by atoms with Crippen LogP contribution < -0.4 is 9.62 Å². The molecular formula is C24H32ClN3O4S. The Balaban J connectivity index is 2.29. The summed E-state index contributed by atoms with van der Waals surface area (Å²) < 4.78 is 26.0. The standard InChI is InChI=1S/C24H32ClN3O4S/c1-18(2)16-26-24(30)19(3)27(15-14-20-10-6-5-7-11-20)23(29)17-28(33(4,31)32)22-13-9-8-12-21(22)25/h5-13,18-19H,14-17H2,1-4H3,(H,26,30)/t19-/m1/s1. The highest BCUT2D eigenvalue weighted by Gasteiger charge is 2.30. The van der Waals surface area contributed by atoms with Crippen molar-refractivity contribution >= 4 is 39.1 Å². The Morgan fingerprint density at radius 1 is 1.00 bits per heavy atom. The van der Waals surface area contributed by atoms with Crippen LogP contribution in [0.25, 0.3) is 0 Å². The third kappa shape index (κ3) is 8.05.